The van der Waals surface area contributed by atoms with Gasteiger partial charge in [-0.1, -0.05) is 61.7 Å². The molecule has 0 heterocycles. The first-order valence-electron chi connectivity index (χ1n) is 9.64. The van der Waals surface area contributed by atoms with Gasteiger partial charge < -0.3 is 14.2 Å². The molecule has 0 fully saturated rings. The van der Waals surface area contributed by atoms with Crippen LogP contribution in [0.5, 0.6) is 11.5 Å². The maximum absolute atomic E-state index is 12.2. The molecule has 0 amide bonds. The lowest BCUT2D eigenvalue weighted by molar-refractivity contribution is 0.0169. The number of hydrogen-bond acceptors (Lipinski definition) is 4. The van der Waals surface area contributed by atoms with E-state index >= 15 is 0 Å². The van der Waals surface area contributed by atoms with E-state index in [9.17, 15) is 4.79 Å². The molecule has 0 radical (unpaired) electrons. The maximum Gasteiger partial charge on any atom is 0.343 e. The third-order valence-electron chi connectivity index (χ3n) is 4.48. The Labute approximate surface area is 177 Å². The average molecular weight is 400 g/mol. The summed E-state index contributed by atoms with van der Waals surface area (Å²) in [6.07, 6.45) is 4.24. The summed E-state index contributed by atoms with van der Waals surface area (Å²) >= 11 is 0. The molecule has 0 unspecified atom stereocenters. The summed E-state index contributed by atoms with van der Waals surface area (Å²) < 4.78 is 16.5. The topological polar surface area (TPSA) is 44.8 Å². The monoisotopic (exact) mass is 400 g/mol. The van der Waals surface area contributed by atoms with Crippen LogP contribution in [0.4, 0.5) is 0 Å². The second kappa shape index (κ2) is 10.8. The number of benzene rings is 3. The second-order valence-corrected chi connectivity index (χ2v) is 6.55. The molecule has 3 aromatic rings. The molecule has 3 rings (SSSR count). The van der Waals surface area contributed by atoms with Gasteiger partial charge in [-0.15, -0.1) is 0 Å². The van der Waals surface area contributed by atoms with Gasteiger partial charge in [-0.2, -0.15) is 0 Å². The molecule has 0 aliphatic heterocycles. The molecule has 4 nitrogen and oxygen atoms in total. The Balaban J connectivity index is 1.39. The van der Waals surface area contributed by atoms with Crippen LogP contribution in [-0.2, 0) is 11.2 Å². The number of hydrogen-bond donors (Lipinski definition) is 0. The van der Waals surface area contributed by atoms with Gasteiger partial charge in [0.05, 0.1) is 12.2 Å². The molecule has 0 aromatic heterocycles. The van der Waals surface area contributed by atoms with Crippen LogP contribution in [0.2, 0.25) is 0 Å². The summed E-state index contributed by atoms with van der Waals surface area (Å²) in [5.74, 6) is 0.870. The van der Waals surface area contributed by atoms with Crippen LogP contribution in [-0.4, -0.2) is 19.4 Å². The first-order valence-corrected chi connectivity index (χ1v) is 9.64. The fourth-order valence-electron chi connectivity index (χ4n) is 2.70. The van der Waals surface area contributed by atoms with Crippen molar-refractivity contribution in [3.05, 3.63) is 108 Å². The smallest absolute Gasteiger partial charge is 0.343 e. The van der Waals surface area contributed by atoms with Crippen LogP contribution in [0.15, 0.2) is 86.0 Å². The van der Waals surface area contributed by atoms with Crippen molar-refractivity contribution >= 4 is 18.1 Å². The number of esters is 1. The summed E-state index contributed by atoms with van der Waals surface area (Å²) in [4.78, 5) is 12.2. The predicted octanol–water partition coefficient (Wildman–Crippen LogP) is 5.79. The van der Waals surface area contributed by atoms with Crippen molar-refractivity contribution in [3.63, 3.8) is 0 Å². The first kappa shape index (κ1) is 21.1. The van der Waals surface area contributed by atoms with Gasteiger partial charge in [-0.05, 0) is 59.5 Å². The lowest BCUT2D eigenvalue weighted by atomic mass is 10.1. The van der Waals surface area contributed by atoms with Crippen LogP contribution in [0, 0.1) is 0 Å². The number of ether oxygens (including phenoxy) is 3. The normalized spacial score (nSPS) is 10.3. The van der Waals surface area contributed by atoms with Crippen LogP contribution in [0.25, 0.3) is 12.2 Å². The predicted molar refractivity (Wildman–Crippen MR) is 120 cm³/mol. The molecule has 0 N–H and O–H groups in total. The molecule has 3 aromatic carbocycles. The van der Waals surface area contributed by atoms with E-state index in [1.165, 1.54) is 0 Å². The largest absolute Gasteiger partial charge is 0.468 e. The van der Waals surface area contributed by atoms with E-state index in [1.54, 1.807) is 36.4 Å². The average Bonchev–Trinajstić information content (AvgIpc) is 2.80. The molecular weight excluding hydrogens is 376 g/mol. The zero-order valence-electron chi connectivity index (χ0n) is 16.8. The highest BCUT2D eigenvalue weighted by Gasteiger charge is 2.08. The Bertz CT molecular complexity index is 971. The highest BCUT2D eigenvalue weighted by Crippen LogP contribution is 2.16. The number of rotatable bonds is 10. The van der Waals surface area contributed by atoms with Crippen molar-refractivity contribution in [2.75, 3.05) is 13.4 Å². The highest BCUT2D eigenvalue weighted by molar-refractivity contribution is 5.91. The second-order valence-electron chi connectivity index (χ2n) is 6.55. The van der Waals surface area contributed by atoms with E-state index < -0.39 is 0 Å². The molecule has 152 valence electrons. The fraction of sp³-hybridized carbons (Fsp3) is 0.115. The van der Waals surface area contributed by atoms with Gasteiger partial charge in [-0.25, -0.2) is 4.79 Å². The minimum Gasteiger partial charge on any atom is -0.468 e. The third kappa shape index (κ3) is 6.19. The van der Waals surface area contributed by atoms with Gasteiger partial charge >= 0.3 is 5.97 Å². The zero-order valence-corrected chi connectivity index (χ0v) is 16.8. The summed E-state index contributed by atoms with van der Waals surface area (Å²) in [6.45, 7) is 8.14. The van der Waals surface area contributed by atoms with Crippen molar-refractivity contribution in [2.24, 2.45) is 0 Å². The van der Waals surface area contributed by atoms with Crippen LogP contribution < -0.4 is 9.47 Å². The molecule has 4 heteroatoms. The molecule has 30 heavy (non-hydrogen) atoms. The van der Waals surface area contributed by atoms with Crippen LogP contribution in [0.3, 0.4) is 0 Å². The van der Waals surface area contributed by atoms with Crippen molar-refractivity contribution in [3.8, 4) is 11.5 Å². The van der Waals surface area contributed by atoms with E-state index in [1.807, 2.05) is 48.5 Å². The minimum absolute atomic E-state index is 0.188. The molecule has 0 spiro atoms. The quantitative estimate of drug-likeness (QED) is 0.187. The van der Waals surface area contributed by atoms with E-state index in [-0.39, 0.29) is 12.8 Å². The molecule has 0 saturated heterocycles. The standard InChI is InChI=1S/C26H24O4/c1-3-20-5-11-23(12-6-20)26(27)30-25-15-9-22(10-16-25)17-18-28-19-29-24-13-7-21(4-2)8-14-24/h3-16H,1-2,17-19H2. The van der Waals surface area contributed by atoms with E-state index in [0.29, 0.717) is 17.9 Å². The summed E-state index contributed by atoms with van der Waals surface area (Å²) in [5, 5.41) is 0. The van der Waals surface area contributed by atoms with Crippen molar-refractivity contribution < 1.29 is 19.0 Å². The Morgan fingerprint density at radius 1 is 0.767 bits per heavy atom. The van der Waals surface area contributed by atoms with Gasteiger partial charge in [0.15, 0.2) is 6.79 Å². The van der Waals surface area contributed by atoms with Gasteiger partial charge in [0.25, 0.3) is 0 Å². The van der Waals surface area contributed by atoms with Gasteiger partial charge in [-0.3, -0.25) is 0 Å². The number of carbonyl (C=O) groups is 1. The number of carbonyl (C=O) groups excluding carboxylic acids is 1. The van der Waals surface area contributed by atoms with Crippen molar-refractivity contribution in [1.29, 1.82) is 0 Å². The molecule has 0 atom stereocenters. The van der Waals surface area contributed by atoms with Crippen LogP contribution >= 0.6 is 0 Å². The lowest BCUT2D eigenvalue weighted by Crippen LogP contribution is -2.08. The summed E-state index contributed by atoms with van der Waals surface area (Å²) in [5.41, 5.74) is 3.58. The summed E-state index contributed by atoms with van der Waals surface area (Å²) in [6, 6.07) is 22.1. The molecule has 0 aliphatic rings. The fourth-order valence-corrected chi connectivity index (χ4v) is 2.70. The Hall–Kier alpha value is -3.63. The SMILES string of the molecule is C=Cc1ccc(OCOCCc2ccc(OC(=O)c3ccc(C=C)cc3)cc2)cc1. The summed E-state index contributed by atoms with van der Waals surface area (Å²) in [7, 11) is 0. The van der Waals surface area contributed by atoms with E-state index in [2.05, 4.69) is 13.2 Å². The third-order valence-corrected chi connectivity index (χ3v) is 4.48. The lowest BCUT2D eigenvalue weighted by Gasteiger charge is -2.08. The maximum atomic E-state index is 12.2. The van der Waals surface area contributed by atoms with E-state index in [0.717, 1.165) is 28.9 Å². The highest BCUT2D eigenvalue weighted by atomic mass is 16.7. The molecule has 0 saturated carbocycles. The van der Waals surface area contributed by atoms with Crippen molar-refractivity contribution in [2.45, 2.75) is 6.42 Å². The van der Waals surface area contributed by atoms with Gasteiger partial charge in [0.2, 0.25) is 0 Å². The Kier molecular flexibility index (Phi) is 7.58. The molecule has 0 bridgehead atoms. The first-order chi connectivity index (χ1) is 14.7. The molecular formula is C26H24O4. The van der Waals surface area contributed by atoms with Crippen LogP contribution in [0.1, 0.15) is 27.0 Å². The van der Waals surface area contributed by atoms with Gasteiger partial charge in [0, 0.05) is 0 Å². The minimum atomic E-state index is -0.389. The van der Waals surface area contributed by atoms with Gasteiger partial charge in [0.1, 0.15) is 11.5 Å². The zero-order chi connectivity index (χ0) is 21.2. The van der Waals surface area contributed by atoms with E-state index in [4.69, 9.17) is 14.2 Å². The van der Waals surface area contributed by atoms with Crippen molar-refractivity contribution in [1.82, 2.24) is 0 Å². The Morgan fingerprint density at radius 3 is 1.93 bits per heavy atom. The Morgan fingerprint density at radius 2 is 1.33 bits per heavy atom. The molecule has 0 aliphatic carbocycles.